The Hall–Kier alpha value is -2.48. The first-order chi connectivity index (χ1) is 9.72. The van der Waals surface area contributed by atoms with Crippen LogP contribution in [-0.2, 0) is 15.0 Å². The van der Waals surface area contributed by atoms with Gasteiger partial charge in [-0.3, -0.25) is 9.59 Å². The van der Waals surface area contributed by atoms with Crippen molar-refractivity contribution in [2.24, 2.45) is 0 Å². The number of carbonyl (C=O) groups excluding carboxylic acids is 2. The molecule has 2 nitrogen and oxygen atoms in total. The summed E-state index contributed by atoms with van der Waals surface area (Å²) < 4.78 is 0. The number of ketones is 2. The van der Waals surface area contributed by atoms with Crippen molar-refractivity contribution in [3.05, 3.63) is 83.9 Å². The van der Waals surface area contributed by atoms with Gasteiger partial charge < -0.3 is 0 Å². The normalized spacial score (nSPS) is 17.2. The maximum Gasteiger partial charge on any atom is 0.221 e. The molecular weight excluding hydrogens is 248 g/mol. The molecule has 98 valence electrons. The van der Waals surface area contributed by atoms with Gasteiger partial charge in [0.2, 0.25) is 11.6 Å². The van der Waals surface area contributed by atoms with Gasteiger partial charge in [0.05, 0.1) is 0 Å². The van der Waals surface area contributed by atoms with Crippen molar-refractivity contribution in [1.82, 2.24) is 0 Å². The van der Waals surface area contributed by atoms with E-state index in [1.54, 1.807) is 0 Å². The van der Waals surface area contributed by atoms with E-state index in [0.717, 1.165) is 11.1 Å². The van der Waals surface area contributed by atoms with Gasteiger partial charge in [-0.25, -0.2) is 0 Å². The molecule has 0 atom stereocenters. The quantitative estimate of drug-likeness (QED) is 0.779. The van der Waals surface area contributed by atoms with Gasteiger partial charge in [-0.15, -0.1) is 0 Å². The Morgan fingerprint density at radius 3 is 1.70 bits per heavy atom. The molecule has 0 bridgehead atoms. The van der Waals surface area contributed by atoms with Crippen LogP contribution < -0.4 is 0 Å². The molecule has 2 aromatic carbocycles. The summed E-state index contributed by atoms with van der Waals surface area (Å²) in [5.74, 6) is -0.743. The lowest BCUT2D eigenvalue weighted by Gasteiger charge is -2.33. The van der Waals surface area contributed by atoms with Crippen LogP contribution in [0.25, 0.3) is 0 Å². The molecule has 0 saturated carbocycles. The highest BCUT2D eigenvalue weighted by molar-refractivity contribution is 6.42. The average molecular weight is 262 g/mol. The monoisotopic (exact) mass is 262 g/mol. The number of hydrogen-bond acceptors (Lipinski definition) is 2. The second kappa shape index (κ2) is 4.89. The van der Waals surface area contributed by atoms with Gasteiger partial charge >= 0.3 is 0 Å². The van der Waals surface area contributed by atoms with E-state index in [-0.39, 0.29) is 12.2 Å². The predicted molar refractivity (Wildman–Crippen MR) is 77.4 cm³/mol. The van der Waals surface area contributed by atoms with E-state index in [4.69, 9.17) is 0 Å². The first-order valence-electron chi connectivity index (χ1n) is 6.60. The van der Waals surface area contributed by atoms with E-state index < -0.39 is 11.2 Å². The number of allylic oxidation sites excluding steroid dienone is 2. The first-order valence-corrected chi connectivity index (χ1v) is 6.60. The Balaban J connectivity index is 2.22. The molecular formula is C18H14O2. The van der Waals surface area contributed by atoms with Crippen LogP contribution in [0.1, 0.15) is 17.5 Å². The number of benzene rings is 2. The van der Waals surface area contributed by atoms with E-state index in [1.165, 1.54) is 6.08 Å². The lowest BCUT2D eigenvalue weighted by Crippen LogP contribution is -2.34. The fourth-order valence-electron chi connectivity index (χ4n) is 2.74. The summed E-state index contributed by atoms with van der Waals surface area (Å²) in [5, 5.41) is 0. The smallest absolute Gasteiger partial charge is 0.221 e. The minimum Gasteiger partial charge on any atom is -0.290 e. The molecule has 0 aromatic heterocycles. The van der Waals surface area contributed by atoms with Gasteiger partial charge in [0.25, 0.3) is 0 Å². The molecule has 2 aromatic rings. The molecule has 1 aliphatic rings. The number of Topliss-reactive ketones (excluding diaryl/α,β-unsaturated/α-hetero) is 1. The summed E-state index contributed by atoms with van der Waals surface area (Å²) in [5.41, 5.74) is 1.53. The highest BCUT2D eigenvalue weighted by Gasteiger charge is 2.38. The maximum absolute atomic E-state index is 12.0. The van der Waals surface area contributed by atoms with Crippen molar-refractivity contribution >= 4 is 11.6 Å². The summed E-state index contributed by atoms with van der Waals surface area (Å²) in [4.78, 5) is 23.5. The standard InChI is InChI=1S/C18H14O2/c19-16-11-12-18(13-17(16)20,14-7-3-1-4-8-14)15-9-5-2-6-10-15/h1-12H,13H2. The van der Waals surface area contributed by atoms with E-state index in [0.29, 0.717) is 0 Å². The summed E-state index contributed by atoms with van der Waals surface area (Å²) in [6.07, 6.45) is 3.46. The lowest BCUT2D eigenvalue weighted by atomic mass is 9.68. The van der Waals surface area contributed by atoms with Gasteiger partial charge in [0.1, 0.15) is 0 Å². The third-order valence-corrected chi connectivity index (χ3v) is 3.81. The predicted octanol–water partition coefficient (Wildman–Crippen LogP) is 3.07. The van der Waals surface area contributed by atoms with Crippen LogP contribution in [0.4, 0.5) is 0 Å². The molecule has 0 saturated heterocycles. The summed E-state index contributed by atoms with van der Waals surface area (Å²) in [6.45, 7) is 0. The molecule has 1 aliphatic carbocycles. The molecule has 0 amide bonds. The van der Waals surface area contributed by atoms with Crippen LogP contribution in [-0.4, -0.2) is 11.6 Å². The van der Waals surface area contributed by atoms with Crippen molar-refractivity contribution in [3.63, 3.8) is 0 Å². The van der Waals surface area contributed by atoms with Crippen molar-refractivity contribution in [2.45, 2.75) is 11.8 Å². The summed E-state index contributed by atoms with van der Waals surface area (Å²) in [6, 6.07) is 19.7. The molecule has 0 radical (unpaired) electrons. The Morgan fingerprint density at radius 2 is 1.25 bits per heavy atom. The molecule has 0 N–H and O–H groups in total. The lowest BCUT2D eigenvalue weighted by molar-refractivity contribution is -0.134. The summed E-state index contributed by atoms with van der Waals surface area (Å²) in [7, 11) is 0. The molecule has 20 heavy (non-hydrogen) atoms. The van der Waals surface area contributed by atoms with Gasteiger partial charge in [0.15, 0.2) is 0 Å². The van der Waals surface area contributed by atoms with Gasteiger partial charge in [0, 0.05) is 11.8 Å². The van der Waals surface area contributed by atoms with Crippen LogP contribution in [0.3, 0.4) is 0 Å². The minimum atomic E-state index is -0.534. The molecule has 3 rings (SSSR count). The van der Waals surface area contributed by atoms with Crippen LogP contribution in [0.2, 0.25) is 0 Å². The second-order valence-corrected chi connectivity index (χ2v) is 5.00. The highest BCUT2D eigenvalue weighted by Crippen LogP contribution is 2.39. The summed E-state index contributed by atoms with van der Waals surface area (Å²) >= 11 is 0. The van der Waals surface area contributed by atoms with E-state index in [1.807, 2.05) is 66.7 Å². The SMILES string of the molecule is O=C1C=CC(c2ccccc2)(c2ccccc2)CC1=O. The van der Waals surface area contributed by atoms with Gasteiger partial charge in [-0.2, -0.15) is 0 Å². The molecule has 2 heteroatoms. The molecule has 0 unspecified atom stereocenters. The Morgan fingerprint density at radius 1 is 0.750 bits per heavy atom. The third kappa shape index (κ3) is 1.99. The van der Waals surface area contributed by atoms with Crippen molar-refractivity contribution in [1.29, 1.82) is 0 Å². The molecule has 0 heterocycles. The Kier molecular flexibility index (Phi) is 3.07. The van der Waals surface area contributed by atoms with Crippen LogP contribution in [0, 0.1) is 0 Å². The fraction of sp³-hybridized carbons (Fsp3) is 0.111. The first kappa shape index (κ1) is 12.5. The zero-order chi connectivity index (χ0) is 14.0. The van der Waals surface area contributed by atoms with E-state index in [9.17, 15) is 9.59 Å². The maximum atomic E-state index is 12.0. The van der Waals surface area contributed by atoms with Crippen LogP contribution in [0.5, 0.6) is 0 Å². The molecule has 0 fully saturated rings. The minimum absolute atomic E-state index is 0.191. The van der Waals surface area contributed by atoms with Gasteiger partial charge in [-0.05, 0) is 17.2 Å². The van der Waals surface area contributed by atoms with E-state index >= 15 is 0 Å². The zero-order valence-corrected chi connectivity index (χ0v) is 11.0. The largest absolute Gasteiger partial charge is 0.290 e. The fourth-order valence-corrected chi connectivity index (χ4v) is 2.74. The van der Waals surface area contributed by atoms with Gasteiger partial charge in [-0.1, -0.05) is 66.7 Å². The van der Waals surface area contributed by atoms with Crippen LogP contribution in [0.15, 0.2) is 72.8 Å². The van der Waals surface area contributed by atoms with Crippen molar-refractivity contribution < 1.29 is 9.59 Å². The number of carbonyl (C=O) groups is 2. The number of hydrogen-bond donors (Lipinski definition) is 0. The second-order valence-electron chi connectivity index (χ2n) is 5.00. The topological polar surface area (TPSA) is 34.1 Å². The van der Waals surface area contributed by atoms with E-state index in [2.05, 4.69) is 0 Å². The Labute approximate surface area is 117 Å². The van der Waals surface area contributed by atoms with Crippen LogP contribution >= 0.6 is 0 Å². The third-order valence-electron chi connectivity index (χ3n) is 3.81. The van der Waals surface area contributed by atoms with Crippen molar-refractivity contribution in [2.75, 3.05) is 0 Å². The average Bonchev–Trinajstić information content (AvgIpc) is 2.52. The zero-order valence-electron chi connectivity index (χ0n) is 11.0. The molecule has 0 aliphatic heterocycles. The highest BCUT2D eigenvalue weighted by atomic mass is 16.2. The van der Waals surface area contributed by atoms with Crippen molar-refractivity contribution in [3.8, 4) is 0 Å². The number of rotatable bonds is 2. The Bertz CT molecular complexity index is 630. The molecule has 0 spiro atoms.